The van der Waals surface area contributed by atoms with Gasteiger partial charge < -0.3 is 0 Å². The van der Waals surface area contributed by atoms with Crippen molar-refractivity contribution in [3.05, 3.63) is 0 Å². The van der Waals surface area contributed by atoms with E-state index in [0.29, 0.717) is 5.38 Å². The van der Waals surface area contributed by atoms with Crippen LogP contribution in [0.15, 0.2) is 0 Å². The van der Waals surface area contributed by atoms with E-state index >= 15 is 0 Å². The van der Waals surface area contributed by atoms with Crippen molar-refractivity contribution in [3.63, 3.8) is 0 Å². The van der Waals surface area contributed by atoms with Crippen LogP contribution in [-0.4, -0.2) is 5.38 Å². The molecule has 0 spiro atoms. The highest BCUT2D eigenvalue weighted by Gasteiger charge is 2.06. The van der Waals surface area contributed by atoms with E-state index < -0.39 is 0 Å². The molecule has 0 aromatic heterocycles. The van der Waals surface area contributed by atoms with Gasteiger partial charge in [-0.05, 0) is 19.3 Å². The van der Waals surface area contributed by atoms with Crippen molar-refractivity contribution in [2.75, 3.05) is 0 Å². The molecular formula is C12H25Cl. The maximum absolute atomic E-state index is 5.91. The number of hydrogen-bond acceptors (Lipinski definition) is 0. The van der Waals surface area contributed by atoms with Gasteiger partial charge in [-0.15, -0.1) is 11.6 Å². The van der Waals surface area contributed by atoms with Crippen LogP contribution in [0.25, 0.3) is 0 Å². The second-order valence-electron chi connectivity index (χ2n) is 4.13. The van der Waals surface area contributed by atoms with E-state index in [-0.39, 0.29) is 0 Å². The third-order valence-electron chi connectivity index (χ3n) is 2.76. The lowest BCUT2D eigenvalue weighted by Crippen LogP contribution is -2.00. The summed E-state index contributed by atoms with van der Waals surface area (Å²) in [6.07, 6.45) is 9.38. The Labute approximate surface area is 89.1 Å². The lowest BCUT2D eigenvalue weighted by molar-refractivity contribution is 0.404. The van der Waals surface area contributed by atoms with Crippen LogP contribution in [0, 0.1) is 5.92 Å². The second kappa shape index (κ2) is 8.87. The number of rotatable bonds is 8. The smallest absolute Gasteiger partial charge is 0.0307 e. The summed E-state index contributed by atoms with van der Waals surface area (Å²) in [6.45, 7) is 6.67. The van der Waals surface area contributed by atoms with Gasteiger partial charge in [0.05, 0.1) is 0 Å². The Kier molecular flexibility index (Phi) is 9.07. The fourth-order valence-corrected chi connectivity index (χ4v) is 1.89. The predicted octanol–water partition coefficient (Wildman–Crippen LogP) is 5.00. The van der Waals surface area contributed by atoms with Crippen molar-refractivity contribution in [2.45, 2.75) is 71.1 Å². The third-order valence-corrected chi connectivity index (χ3v) is 2.98. The molecule has 2 unspecified atom stereocenters. The van der Waals surface area contributed by atoms with Crippen molar-refractivity contribution in [1.29, 1.82) is 0 Å². The highest BCUT2D eigenvalue weighted by Crippen LogP contribution is 2.20. The van der Waals surface area contributed by atoms with Crippen molar-refractivity contribution in [3.8, 4) is 0 Å². The summed E-state index contributed by atoms with van der Waals surface area (Å²) < 4.78 is 0. The zero-order valence-electron chi connectivity index (χ0n) is 9.48. The largest absolute Gasteiger partial charge is 0.123 e. The SMILES string of the molecule is CCCCC(CC)CCCC(C)Cl. The Morgan fingerprint density at radius 2 is 1.62 bits per heavy atom. The Hall–Kier alpha value is 0.290. The van der Waals surface area contributed by atoms with Gasteiger partial charge in [-0.1, -0.05) is 52.4 Å². The minimum atomic E-state index is 0.365. The van der Waals surface area contributed by atoms with Crippen LogP contribution in [0.3, 0.4) is 0 Å². The normalized spacial score (nSPS) is 15.7. The molecule has 1 heteroatoms. The van der Waals surface area contributed by atoms with Gasteiger partial charge in [0.2, 0.25) is 0 Å². The van der Waals surface area contributed by atoms with Gasteiger partial charge in [0.25, 0.3) is 0 Å². The summed E-state index contributed by atoms with van der Waals surface area (Å²) in [5.74, 6) is 0.954. The highest BCUT2D eigenvalue weighted by molar-refractivity contribution is 6.20. The first-order valence-corrected chi connectivity index (χ1v) is 6.28. The molecule has 0 saturated heterocycles. The lowest BCUT2D eigenvalue weighted by atomic mass is 9.93. The summed E-state index contributed by atoms with van der Waals surface area (Å²) >= 11 is 5.91. The molecule has 0 fully saturated rings. The van der Waals surface area contributed by atoms with Crippen LogP contribution >= 0.6 is 11.6 Å². The van der Waals surface area contributed by atoms with E-state index in [4.69, 9.17) is 11.6 Å². The van der Waals surface area contributed by atoms with Crippen molar-refractivity contribution in [2.24, 2.45) is 5.92 Å². The Morgan fingerprint density at radius 3 is 2.08 bits per heavy atom. The number of hydrogen-bond donors (Lipinski definition) is 0. The van der Waals surface area contributed by atoms with Crippen LogP contribution in [0.2, 0.25) is 0 Å². The minimum Gasteiger partial charge on any atom is -0.123 e. The molecule has 0 N–H and O–H groups in total. The Bertz CT molecular complexity index is 99.3. The molecule has 0 aliphatic rings. The molecule has 0 heterocycles. The van der Waals surface area contributed by atoms with Crippen LogP contribution < -0.4 is 0 Å². The fourth-order valence-electron chi connectivity index (χ4n) is 1.73. The van der Waals surface area contributed by atoms with Gasteiger partial charge in [0.1, 0.15) is 0 Å². The zero-order chi connectivity index (χ0) is 10.1. The molecule has 0 rings (SSSR count). The van der Waals surface area contributed by atoms with E-state index in [0.717, 1.165) is 5.92 Å². The van der Waals surface area contributed by atoms with Crippen molar-refractivity contribution < 1.29 is 0 Å². The molecular weight excluding hydrogens is 180 g/mol. The molecule has 2 atom stereocenters. The van der Waals surface area contributed by atoms with E-state index in [1.165, 1.54) is 44.9 Å². The molecule has 0 amide bonds. The predicted molar refractivity (Wildman–Crippen MR) is 62.5 cm³/mol. The maximum Gasteiger partial charge on any atom is 0.0307 e. The first-order chi connectivity index (χ1) is 6.20. The topological polar surface area (TPSA) is 0 Å². The van der Waals surface area contributed by atoms with Gasteiger partial charge in [-0.2, -0.15) is 0 Å². The average Bonchev–Trinajstić information content (AvgIpc) is 2.10. The van der Waals surface area contributed by atoms with Gasteiger partial charge in [0, 0.05) is 5.38 Å². The molecule has 0 aliphatic heterocycles. The van der Waals surface area contributed by atoms with Crippen LogP contribution in [0.1, 0.15) is 65.7 Å². The monoisotopic (exact) mass is 204 g/mol. The zero-order valence-corrected chi connectivity index (χ0v) is 10.2. The van der Waals surface area contributed by atoms with Gasteiger partial charge >= 0.3 is 0 Å². The molecule has 13 heavy (non-hydrogen) atoms. The van der Waals surface area contributed by atoms with Crippen molar-refractivity contribution in [1.82, 2.24) is 0 Å². The van der Waals surface area contributed by atoms with E-state index in [1.807, 2.05) is 0 Å². The van der Waals surface area contributed by atoms with Gasteiger partial charge in [-0.3, -0.25) is 0 Å². The minimum absolute atomic E-state index is 0.365. The van der Waals surface area contributed by atoms with E-state index in [1.54, 1.807) is 0 Å². The molecule has 0 bridgehead atoms. The van der Waals surface area contributed by atoms with Crippen LogP contribution in [0.5, 0.6) is 0 Å². The molecule has 0 aliphatic carbocycles. The second-order valence-corrected chi connectivity index (χ2v) is 4.87. The lowest BCUT2D eigenvalue weighted by Gasteiger charge is -2.14. The van der Waals surface area contributed by atoms with E-state index in [9.17, 15) is 0 Å². The molecule has 80 valence electrons. The highest BCUT2D eigenvalue weighted by atomic mass is 35.5. The average molecular weight is 205 g/mol. The Morgan fingerprint density at radius 1 is 1.00 bits per heavy atom. The molecule has 0 radical (unpaired) electrons. The summed E-state index contributed by atoms with van der Waals surface area (Å²) in [7, 11) is 0. The molecule has 0 aromatic rings. The van der Waals surface area contributed by atoms with Crippen LogP contribution in [-0.2, 0) is 0 Å². The standard InChI is InChI=1S/C12H25Cl/c1-4-6-9-12(5-2)10-7-8-11(3)13/h11-12H,4-10H2,1-3H3. The van der Waals surface area contributed by atoms with E-state index in [2.05, 4.69) is 20.8 Å². The summed E-state index contributed by atoms with van der Waals surface area (Å²) in [5, 5.41) is 0.365. The quantitative estimate of drug-likeness (QED) is 0.488. The molecule has 0 saturated carbocycles. The maximum atomic E-state index is 5.91. The van der Waals surface area contributed by atoms with Crippen LogP contribution in [0.4, 0.5) is 0 Å². The molecule has 0 aromatic carbocycles. The van der Waals surface area contributed by atoms with Gasteiger partial charge in [-0.25, -0.2) is 0 Å². The third kappa shape index (κ3) is 8.62. The van der Waals surface area contributed by atoms with Crippen molar-refractivity contribution >= 4 is 11.6 Å². The van der Waals surface area contributed by atoms with Gasteiger partial charge in [0.15, 0.2) is 0 Å². The Balaban J connectivity index is 3.36. The summed E-state index contributed by atoms with van der Waals surface area (Å²) in [6, 6.07) is 0. The first kappa shape index (κ1) is 13.3. The summed E-state index contributed by atoms with van der Waals surface area (Å²) in [4.78, 5) is 0. The number of unbranched alkanes of at least 4 members (excludes halogenated alkanes) is 1. The summed E-state index contributed by atoms with van der Waals surface area (Å²) in [5.41, 5.74) is 0. The number of halogens is 1. The molecule has 0 nitrogen and oxygen atoms in total. The fraction of sp³-hybridized carbons (Fsp3) is 1.00. The first-order valence-electron chi connectivity index (χ1n) is 5.84. The number of alkyl halides is 1.